The predicted octanol–water partition coefficient (Wildman–Crippen LogP) is 1.94. The van der Waals surface area contributed by atoms with Crippen molar-refractivity contribution < 1.29 is 14.7 Å². The number of nitrogens with one attached hydrogen (secondary N) is 1. The topological polar surface area (TPSA) is 82.5 Å². The highest BCUT2D eigenvalue weighted by Crippen LogP contribution is 2.23. The third-order valence-electron chi connectivity index (χ3n) is 3.06. The van der Waals surface area contributed by atoms with Crippen molar-refractivity contribution in [1.29, 1.82) is 0 Å². The summed E-state index contributed by atoms with van der Waals surface area (Å²) in [6, 6.07) is -1.30. The van der Waals surface area contributed by atoms with E-state index in [1.54, 1.807) is 11.3 Å². The van der Waals surface area contributed by atoms with Gasteiger partial charge in [-0.25, -0.2) is 14.6 Å². The molecule has 2 atom stereocenters. The first kappa shape index (κ1) is 15.1. The van der Waals surface area contributed by atoms with Crippen LogP contribution in [0.15, 0.2) is 6.20 Å². The summed E-state index contributed by atoms with van der Waals surface area (Å²) in [5.41, 5.74) is 0. The molecule has 1 aliphatic heterocycles. The lowest BCUT2D eigenvalue weighted by Crippen LogP contribution is -2.47. The Morgan fingerprint density at radius 2 is 2.40 bits per heavy atom. The maximum absolute atomic E-state index is 12.1. The first-order valence-corrected chi connectivity index (χ1v) is 8.32. The van der Waals surface area contributed by atoms with Crippen molar-refractivity contribution in [3.8, 4) is 0 Å². The Bertz CT molecular complexity index is 506. The highest BCUT2D eigenvalue weighted by Gasteiger charge is 2.35. The maximum Gasteiger partial charge on any atom is 0.327 e. The molecule has 0 radical (unpaired) electrons. The predicted molar refractivity (Wildman–Crippen MR) is 79.0 cm³/mol. The summed E-state index contributed by atoms with van der Waals surface area (Å²) in [4.78, 5) is 30.0. The molecular formula is C12H17N3O3S2. The Labute approximate surface area is 125 Å². The van der Waals surface area contributed by atoms with Gasteiger partial charge in [-0.05, 0) is 13.3 Å². The molecule has 0 bridgehead atoms. The Hall–Kier alpha value is -1.28. The molecule has 0 aromatic carbocycles. The molecule has 0 saturated carbocycles. The van der Waals surface area contributed by atoms with Crippen LogP contribution in [0, 0.1) is 0 Å². The van der Waals surface area contributed by atoms with E-state index in [-0.39, 0.29) is 12.1 Å². The van der Waals surface area contributed by atoms with E-state index in [2.05, 4.69) is 17.2 Å². The highest BCUT2D eigenvalue weighted by atomic mass is 32.2. The van der Waals surface area contributed by atoms with Gasteiger partial charge in [0.15, 0.2) is 0 Å². The van der Waals surface area contributed by atoms with Gasteiger partial charge >= 0.3 is 12.0 Å². The standard InChI is InChI=1S/C12H17N3O3S2/c1-3-8-4-13-10(20-8)7(2)14-12(18)15-6-19-5-9(15)11(16)17/h4,7,9H,3,5-6H2,1-2H3,(H,14,18)(H,16,17)/t7?,9-/m0/s1. The fraction of sp³-hybridized carbons (Fsp3) is 0.583. The lowest BCUT2D eigenvalue weighted by atomic mass is 10.3. The normalized spacial score (nSPS) is 19.9. The van der Waals surface area contributed by atoms with Crippen molar-refractivity contribution in [2.45, 2.75) is 32.4 Å². The highest BCUT2D eigenvalue weighted by molar-refractivity contribution is 7.99. The summed E-state index contributed by atoms with van der Waals surface area (Å²) in [6.07, 6.45) is 2.73. The summed E-state index contributed by atoms with van der Waals surface area (Å²) in [5, 5.41) is 12.7. The molecule has 2 amide bonds. The molecule has 1 aromatic rings. The lowest BCUT2D eigenvalue weighted by Gasteiger charge is -2.22. The van der Waals surface area contributed by atoms with Crippen molar-refractivity contribution in [2.75, 3.05) is 11.6 Å². The second-order valence-electron chi connectivity index (χ2n) is 4.51. The minimum Gasteiger partial charge on any atom is -0.480 e. The molecule has 1 fully saturated rings. The fourth-order valence-corrected chi connectivity index (χ4v) is 3.87. The van der Waals surface area contributed by atoms with E-state index in [0.29, 0.717) is 11.6 Å². The minimum atomic E-state index is -0.958. The van der Waals surface area contributed by atoms with Crippen molar-refractivity contribution in [3.63, 3.8) is 0 Å². The number of aromatic nitrogens is 1. The largest absolute Gasteiger partial charge is 0.480 e. The average Bonchev–Trinajstić information content (AvgIpc) is 3.07. The van der Waals surface area contributed by atoms with Crippen molar-refractivity contribution in [2.24, 2.45) is 0 Å². The van der Waals surface area contributed by atoms with E-state index >= 15 is 0 Å². The van der Waals surface area contributed by atoms with Gasteiger partial charge in [0.2, 0.25) is 0 Å². The van der Waals surface area contributed by atoms with Gasteiger partial charge in [-0.3, -0.25) is 0 Å². The summed E-state index contributed by atoms with van der Waals surface area (Å²) >= 11 is 3.02. The summed E-state index contributed by atoms with van der Waals surface area (Å²) in [5.74, 6) is -0.109. The Balaban J connectivity index is 1.98. The second-order valence-corrected chi connectivity index (χ2v) is 6.66. The zero-order valence-electron chi connectivity index (χ0n) is 11.3. The molecule has 1 unspecified atom stereocenters. The van der Waals surface area contributed by atoms with E-state index in [0.717, 1.165) is 11.4 Å². The lowest BCUT2D eigenvalue weighted by molar-refractivity contribution is -0.140. The summed E-state index contributed by atoms with van der Waals surface area (Å²) < 4.78 is 0. The fourth-order valence-electron chi connectivity index (χ4n) is 1.86. The first-order valence-electron chi connectivity index (χ1n) is 6.35. The second kappa shape index (κ2) is 6.45. The molecule has 110 valence electrons. The van der Waals surface area contributed by atoms with E-state index in [4.69, 9.17) is 5.11 Å². The number of thiazole rings is 1. The van der Waals surface area contributed by atoms with Gasteiger partial charge in [-0.15, -0.1) is 23.1 Å². The molecule has 6 nitrogen and oxygen atoms in total. The minimum absolute atomic E-state index is 0.215. The number of hydrogen-bond acceptors (Lipinski definition) is 5. The number of rotatable bonds is 4. The van der Waals surface area contributed by atoms with Gasteiger partial charge in [0, 0.05) is 16.8 Å². The third-order valence-corrected chi connectivity index (χ3v) is 5.40. The number of thioether (sulfide) groups is 1. The number of carbonyl (C=O) groups excluding carboxylic acids is 1. The molecule has 1 aliphatic rings. The number of aryl methyl sites for hydroxylation is 1. The zero-order chi connectivity index (χ0) is 14.7. The van der Waals surface area contributed by atoms with E-state index in [1.807, 2.05) is 13.1 Å². The smallest absolute Gasteiger partial charge is 0.327 e. The first-order chi connectivity index (χ1) is 9.52. The van der Waals surface area contributed by atoms with E-state index < -0.39 is 12.0 Å². The van der Waals surface area contributed by atoms with Crippen LogP contribution in [-0.4, -0.2) is 44.7 Å². The van der Waals surface area contributed by atoms with Gasteiger partial charge in [0.25, 0.3) is 0 Å². The van der Waals surface area contributed by atoms with Crippen LogP contribution in [-0.2, 0) is 11.2 Å². The maximum atomic E-state index is 12.1. The SMILES string of the molecule is CCc1cnc(C(C)NC(=O)N2CSC[C@H]2C(=O)O)s1. The van der Waals surface area contributed by atoms with Crippen LogP contribution in [0.4, 0.5) is 4.79 Å². The van der Waals surface area contributed by atoms with Crippen LogP contribution < -0.4 is 5.32 Å². The Morgan fingerprint density at radius 3 is 3.00 bits per heavy atom. The molecule has 2 heterocycles. The number of carboxylic acids is 1. The number of aliphatic carboxylic acids is 1. The van der Waals surface area contributed by atoms with Gasteiger partial charge in [0.1, 0.15) is 11.0 Å². The average molecular weight is 315 g/mol. The van der Waals surface area contributed by atoms with Crippen LogP contribution in [0.5, 0.6) is 0 Å². The van der Waals surface area contributed by atoms with Gasteiger partial charge in [0.05, 0.1) is 11.9 Å². The number of carbonyl (C=O) groups is 2. The molecule has 1 aromatic heterocycles. The van der Waals surface area contributed by atoms with Crippen LogP contribution >= 0.6 is 23.1 Å². The number of amides is 2. The van der Waals surface area contributed by atoms with E-state index in [9.17, 15) is 9.59 Å². The van der Waals surface area contributed by atoms with Crippen LogP contribution in [0.25, 0.3) is 0 Å². The number of hydrogen-bond donors (Lipinski definition) is 2. The quantitative estimate of drug-likeness (QED) is 0.887. The summed E-state index contributed by atoms with van der Waals surface area (Å²) in [6.45, 7) is 3.91. The molecule has 0 aliphatic carbocycles. The van der Waals surface area contributed by atoms with Crippen LogP contribution in [0.3, 0.4) is 0 Å². The van der Waals surface area contributed by atoms with Crippen LogP contribution in [0.1, 0.15) is 29.8 Å². The molecule has 0 spiro atoms. The Morgan fingerprint density at radius 1 is 1.65 bits per heavy atom. The molecule has 2 N–H and O–H groups in total. The number of nitrogens with zero attached hydrogens (tertiary/aromatic N) is 2. The molecule has 1 saturated heterocycles. The zero-order valence-corrected chi connectivity index (χ0v) is 13.0. The molecule has 2 rings (SSSR count). The van der Waals surface area contributed by atoms with Gasteiger partial charge in [-0.2, -0.15) is 0 Å². The van der Waals surface area contributed by atoms with Crippen LogP contribution in [0.2, 0.25) is 0 Å². The number of urea groups is 1. The van der Waals surface area contributed by atoms with E-state index in [1.165, 1.54) is 21.5 Å². The summed E-state index contributed by atoms with van der Waals surface area (Å²) in [7, 11) is 0. The van der Waals surface area contributed by atoms with Crippen molar-refractivity contribution in [1.82, 2.24) is 15.2 Å². The van der Waals surface area contributed by atoms with Gasteiger partial charge in [-0.1, -0.05) is 6.92 Å². The molecular weight excluding hydrogens is 298 g/mol. The van der Waals surface area contributed by atoms with Crippen molar-refractivity contribution >= 4 is 35.1 Å². The van der Waals surface area contributed by atoms with Gasteiger partial charge < -0.3 is 15.3 Å². The van der Waals surface area contributed by atoms with Crippen molar-refractivity contribution in [3.05, 3.63) is 16.1 Å². The monoisotopic (exact) mass is 315 g/mol. The third kappa shape index (κ3) is 3.24. The molecule has 20 heavy (non-hydrogen) atoms. The molecule has 8 heteroatoms. The number of carboxylic acid groups (broad SMARTS) is 1. The Kier molecular flexibility index (Phi) is 4.87.